The maximum atomic E-state index is 13.7. The number of carbonyl (C=O) groups is 3. The van der Waals surface area contributed by atoms with Crippen LogP contribution in [0.2, 0.25) is 0 Å². The predicted octanol–water partition coefficient (Wildman–Crippen LogP) is 8.71. The Bertz CT molecular complexity index is 2000. The van der Waals surface area contributed by atoms with E-state index in [2.05, 4.69) is 10.6 Å². The number of carbonyl (C=O) groups excluding carboxylic acids is 3. The maximum absolute atomic E-state index is 13.7. The van der Waals surface area contributed by atoms with Gasteiger partial charge in [-0.2, -0.15) is 0 Å². The van der Waals surface area contributed by atoms with Crippen LogP contribution in [0, 0.1) is 0 Å². The standard InChI is InChI=1S/C40H31N3O3S/c44-38(43(33-20-6-2-7-21-33)34-22-8-3-9-23-34)28-47-35-24-13-19-32(27-35)41-40(46)37(42-39(45)30-15-4-1-5-16-30)26-31-18-12-17-29-14-10-11-25-36(29)31/h1-27H,28H2,(H,41,46)(H,42,45)/b37-26-. The van der Waals surface area contributed by atoms with Crippen molar-refractivity contribution in [2.24, 2.45) is 0 Å². The van der Waals surface area contributed by atoms with Crippen LogP contribution in [-0.4, -0.2) is 23.5 Å². The average molecular weight is 634 g/mol. The molecule has 230 valence electrons. The van der Waals surface area contributed by atoms with Crippen LogP contribution < -0.4 is 15.5 Å². The van der Waals surface area contributed by atoms with Crippen LogP contribution in [0.5, 0.6) is 0 Å². The molecule has 6 rings (SSSR count). The van der Waals surface area contributed by atoms with E-state index in [1.54, 1.807) is 41.3 Å². The quantitative estimate of drug-likeness (QED) is 0.117. The topological polar surface area (TPSA) is 78.5 Å². The second kappa shape index (κ2) is 14.9. The number of hydrogen-bond donors (Lipinski definition) is 2. The molecule has 0 spiro atoms. The number of benzene rings is 6. The van der Waals surface area contributed by atoms with E-state index in [4.69, 9.17) is 0 Å². The van der Waals surface area contributed by atoms with Crippen LogP contribution in [-0.2, 0) is 9.59 Å². The summed E-state index contributed by atoms with van der Waals surface area (Å²) in [5, 5.41) is 7.74. The van der Waals surface area contributed by atoms with Gasteiger partial charge < -0.3 is 10.6 Å². The van der Waals surface area contributed by atoms with Gasteiger partial charge in [0.1, 0.15) is 5.70 Å². The lowest BCUT2D eigenvalue weighted by Gasteiger charge is -2.23. The molecule has 6 aromatic carbocycles. The van der Waals surface area contributed by atoms with Crippen molar-refractivity contribution in [3.8, 4) is 0 Å². The van der Waals surface area contributed by atoms with Crippen molar-refractivity contribution in [2.75, 3.05) is 16.0 Å². The second-order valence-corrected chi connectivity index (χ2v) is 11.7. The molecule has 0 saturated heterocycles. The Morgan fingerprint density at radius 2 is 1.23 bits per heavy atom. The van der Waals surface area contributed by atoms with Crippen molar-refractivity contribution >= 4 is 63.4 Å². The molecule has 0 aliphatic heterocycles. The zero-order valence-corrected chi connectivity index (χ0v) is 26.2. The van der Waals surface area contributed by atoms with E-state index in [0.29, 0.717) is 11.3 Å². The molecule has 6 nitrogen and oxygen atoms in total. The molecule has 7 heteroatoms. The monoisotopic (exact) mass is 633 g/mol. The molecular formula is C40H31N3O3S. The molecular weight excluding hydrogens is 603 g/mol. The Morgan fingerprint density at radius 1 is 0.638 bits per heavy atom. The third-order valence-electron chi connectivity index (χ3n) is 7.38. The largest absolute Gasteiger partial charge is 0.321 e. The fourth-order valence-electron chi connectivity index (χ4n) is 5.14. The van der Waals surface area contributed by atoms with E-state index in [1.807, 2.05) is 127 Å². The first kappa shape index (κ1) is 31.1. The molecule has 0 aliphatic carbocycles. The molecule has 0 aromatic heterocycles. The first-order chi connectivity index (χ1) is 23.0. The van der Waals surface area contributed by atoms with Crippen LogP contribution in [0.1, 0.15) is 15.9 Å². The van der Waals surface area contributed by atoms with E-state index in [1.165, 1.54) is 11.8 Å². The van der Waals surface area contributed by atoms with E-state index in [0.717, 1.165) is 32.6 Å². The van der Waals surface area contributed by atoms with Gasteiger partial charge in [-0.05, 0) is 77.0 Å². The van der Waals surface area contributed by atoms with Crippen molar-refractivity contribution in [1.82, 2.24) is 5.32 Å². The molecule has 0 aliphatic rings. The van der Waals surface area contributed by atoms with Crippen LogP contribution in [0.4, 0.5) is 17.1 Å². The summed E-state index contributed by atoms with van der Waals surface area (Å²) < 4.78 is 0. The van der Waals surface area contributed by atoms with Crippen molar-refractivity contribution in [2.45, 2.75) is 4.90 Å². The molecule has 0 atom stereocenters. The molecule has 2 N–H and O–H groups in total. The van der Waals surface area contributed by atoms with E-state index >= 15 is 0 Å². The number of para-hydroxylation sites is 2. The molecule has 0 heterocycles. The first-order valence-electron chi connectivity index (χ1n) is 15.1. The van der Waals surface area contributed by atoms with Crippen molar-refractivity contribution in [3.63, 3.8) is 0 Å². The minimum atomic E-state index is -0.472. The SMILES string of the molecule is O=C(Nc1cccc(SCC(=O)N(c2ccccc2)c2ccccc2)c1)/C(=C/c1cccc2ccccc12)NC(=O)c1ccccc1. The number of amides is 3. The van der Waals surface area contributed by atoms with E-state index < -0.39 is 11.8 Å². The van der Waals surface area contributed by atoms with Gasteiger partial charge in [0.25, 0.3) is 11.8 Å². The lowest BCUT2D eigenvalue weighted by molar-refractivity contribution is -0.115. The first-order valence-corrected chi connectivity index (χ1v) is 16.1. The number of nitrogens with zero attached hydrogens (tertiary/aromatic N) is 1. The van der Waals surface area contributed by atoms with Gasteiger partial charge in [0.2, 0.25) is 5.91 Å². The average Bonchev–Trinajstić information content (AvgIpc) is 3.12. The van der Waals surface area contributed by atoms with Gasteiger partial charge in [0, 0.05) is 27.5 Å². The normalized spacial score (nSPS) is 11.1. The van der Waals surface area contributed by atoms with E-state index in [-0.39, 0.29) is 17.4 Å². The Balaban J connectivity index is 1.21. The van der Waals surface area contributed by atoms with Crippen molar-refractivity contribution in [3.05, 3.63) is 175 Å². The Hall–Kier alpha value is -5.92. The summed E-state index contributed by atoms with van der Waals surface area (Å²) in [6.45, 7) is 0. The number of rotatable bonds is 10. The van der Waals surface area contributed by atoms with Crippen molar-refractivity contribution < 1.29 is 14.4 Å². The van der Waals surface area contributed by atoms with Gasteiger partial charge in [0.05, 0.1) is 5.75 Å². The predicted molar refractivity (Wildman–Crippen MR) is 192 cm³/mol. The molecule has 3 amide bonds. The third-order valence-corrected chi connectivity index (χ3v) is 8.36. The fraction of sp³-hybridized carbons (Fsp3) is 0.0250. The number of hydrogen-bond acceptors (Lipinski definition) is 4. The molecule has 0 bridgehead atoms. The Labute approximate surface area is 277 Å². The minimum Gasteiger partial charge on any atom is -0.321 e. The summed E-state index contributed by atoms with van der Waals surface area (Å²) in [5.41, 5.74) is 3.44. The van der Waals surface area contributed by atoms with Crippen LogP contribution in [0.3, 0.4) is 0 Å². The molecule has 0 saturated carbocycles. The zero-order valence-electron chi connectivity index (χ0n) is 25.4. The lowest BCUT2D eigenvalue weighted by Crippen LogP contribution is -2.30. The molecule has 0 radical (unpaired) electrons. The van der Waals surface area contributed by atoms with Gasteiger partial charge >= 0.3 is 0 Å². The highest BCUT2D eigenvalue weighted by atomic mass is 32.2. The summed E-state index contributed by atoms with van der Waals surface area (Å²) in [6.07, 6.45) is 1.69. The second-order valence-electron chi connectivity index (χ2n) is 10.6. The molecule has 0 fully saturated rings. The number of anilines is 3. The summed E-state index contributed by atoms with van der Waals surface area (Å²) in [7, 11) is 0. The van der Waals surface area contributed by atoms with Crippen LogP contribution >= 0.6 is 11.8 Å². The Morgan fingerprint density at radius 3 is 1.94 bits per heavy atom. The molecule has 47 heavy (non-hydrogen) atoms. The summed E-state index contributed by atoms with van der Waals surface area (Å²) in [6, 6.07) is 48.9. The van der Waals surface area contributed by atoms with Gasteiger partial charge in [-0.25, -0.2) is 0 Å². The van der Waals surface area contributed by atoms with Crippen LogP contribution in [0.25, 0.3) is 16.8 Å². The van der Waals surface area contributed by atoms with E-state index in [9.17, 15) is 14.4 Å². The summed E-state index contributed by atoms with van der Waals surface area (Å²) >= 11 is 1.38. The highest BCUT2D eigenvalue weighted by Crippen LogP contribution is 2.29. The van der Waals surface area contributed by atoms with Gasteiger partial charge in [0.15, 0.2) is 0 Å². The number of fused-ring (bicyclic) bond motifs is 1. The van der Waals surface area contributed by atoms with Gasteiger partial charge in [-0.1, -0.05) is 103 Å². The summed E-state index contributed by atoms with van der Waals surface area (Å²) in [4.78, 5) is 43.0. The number of nitrogens with one attached hydrogen (secondary N) is 2. The number of thioether (sulfide) groups is 1. The smallest absolute Gasteiger partial charge is 0.272 e. The fourth-order valence-corrected chi connectivity index (χ4v) is 5.94. The highest BCUT2D eigenvalue weighted by molar-refractivity contribution is 8.00. The maximum Gasteiger partial charge on any atom is 0.272 e. The molecule has 0 unspecified atom stereocenters. The van der Waals surface area contributed by atoms with Crippen molar-refractivity contribution in [1.29, 1.82) is 0 Å². The highest BCUT2D eigenvalue weighted by Gasteiger charge is 2.19. The lowest BCUT2D eigenvalue weighted by atomic mass is 10.0. The van der Waals surface area contributed by atoms with Crippen LogP contribution in [0.15, 0.2) is 168 Å². The summed E-state index contributed by atoms with van der Waals surface area (Å²) in [5.74, 6) is -0.762. The van der Waals surface area contributed by atoms with Gasteiger partial charge in [-0.3, -0.25) is 19.3 Å². The molecule has 6 aromatic rings. The third kappa shape index (κ3) is 7.84. The zero-order chi connectivity index (χ0) is 32.4. The Kier molecular flexibility index (Phi) is 9.86. The van der Waals surface area contributed by atoms with Gasteiger partial charge in [-0.15, -0.1) is 11.8 Å². The minimum absolute atomic E-state index is 0.0780.